The molecule has 2 heterocycles. The Morgan fingerprint density at radius 3 is 2.38 bits per heavy atom. The van der Waals surface area contributed by atoms with Gasteiger partial charge in [0.25, 0.3) is 5.56 Å². The third-order valence-corrected chi connectivity index (χ3v) is 2.47. The van der Waals surface area contributed by atoms with Crippen LogP contribution in [0.5, 0.6) is 0 Å². The van der Waals surface area contributed by atoms with Crippen LogP contribution in [0, 0.1) is 0 Å². The van der Waals surface area contributed by atoms with Crippen molar-refractivity contribution >= 4 is 16.9 Å². The Morgan fingerprint density at radius 1 is 1.19 bits per heavy atom. The quantitative estimate of drug-likeness (QED) is 0.640. The van der Waals surface area contributed by atoms with Gasteiger partial charge in [-0.25, -0.2) is 4.79 Å². The first-order valence-electron chi connectivity index (χ1n) is 4.68. The number of anilines is 1. The molecule has 86 valence electrons. The Labute approximate surface area is 90.5 Å². The highest BCUT2D eigenvalue weighted by Gasteiger charge is 2.18. The molecule has 0 atom stereocenters. The van der Waals surface area contributed by atoms with Crippen molar-refractivity contribution in [2.75, 3.05) is 19.0 Å². The van der Waals surface area contributed by atoms with Gasteiger partial charge in [-0.1, -0.05) is 5.16 Å². The van der Waals surface area contributed by atoms with Crippen molar-refractivity contribution in [3.8, 4) is 0 Å². The summed E-state index contributed by atoms with van der Waals surface area (Å²) in [6.45, 7) is 0. The smallest absolute Gasteiger partial charge is 0.332 e. The molecule has 0 saturated heterocycles. The van der Waals surface area contributed by atoms with Crippen LogP contribution in [0.1, 0.15) is 0 Å². The summed E-state index contributed by atoms with van der Waals surface area (Å²) in [5.74, 6) is 0.353. The molecule has 0 amide bonds. The first kappa shape index (κ1) is 10.5. The van der Waals surface area contributed by atoms with Crippen LogP contribution in [-0.2, 0) is 14.1 Å². The maximum atomic E-state index is 11.9. The molecule has 0 fully saturated rings. The summed E-state index contributed by atoms with van der Waals surface area (Å²) in [7, 11) is 6.46. The van der Waals surface area contributed by atoms with Crippen molar-refractivity contribution in [3.05, 3.63) is 20.8 Å². The molecule has 2 rings (SSSR count). The van der Waals surface area contributed by atoms with Crippen LogP contribution in [0.3, 0.4) is 0 Å². The lowest BCUT2D eigenvalue weighted by Gasteiger charge is -2.07. The van der Waals surface area contributed by atoms with Gasteiger partial charge in [0.15, 0.2) is 5.65 Å². The van der Waals surface area contributed by atoms with E-state index in [1.807, 2.05) is 0 Å². The number of nitrogens with zero attached hydrogens (tertiary/aromatic N) is 4. The predicted molar refractivity (Wildman–Crippen MR) is 58.8 cm³/mol. The monoisotopic (exact) mass is 224 g/mol. The molecule has 0 unspecified atom stereocenters. The van der Waals surface area contributed by atoms with Gasteiger partial charge in [-0.3, -0.25) is 13.9 Å². The Kier molecular flexibility index (Phi) is 2.11. The molecule has 0 N–H and O–H groups in total. The van der Waals surface area contributed by atoms with Crippen LogP contribution in [0.2, 0.25) is 0 Å². The third-order valence-electron chi connectivity index (χ3n) is 2.47. The molecule has 0 bridgehead atoms. The van der Waals surface area contributed by atoms with Gasteiger partial charge in [-0.2, -0.15) is 0 Å². The number of rotatable bonds is 1. The molecule has 0 aliphatic carbocycles. The third kappa shape index (κ3) is 1.17. The minimum absolute atomic E-state index is 0.261. The van der Waals surface area contributed by atoms with Gasteiger partial charge in [0.1, 0.15) is 5.39 Å². The van der Waals surface area contributed by atoms with Crippen molar-refractivity contribution < 1.29 is 4.52 Å². The SMILES string of the molecule is CN(C)c1onc2c1c(=O)n(C)c(=O)n2C. The zero-order valence-electron chi connectivity index (χ0n) is 9.51. The number of hydrogen-bond acceptors (Lipinski definition) is 5. The number of hydrogen-bond donors (Lipinski definition) is 0. The summed E-state index contributed by atoms with van der Waals surface area (Å²) in [5, 5.41) is 4.05. The molecule has 0 saturated carbocycles. The van der Waals surface area contributed by atoms with Gasteiger partial charge in [0, 0.05) is 28.2 Å². The van der Waals surface area contributed by atoms with Crippen LogP contribution in [0.15, 0.2) is 14.1 Å². The summed E-state index contributed by atoms with van der Waals surface area (Å²) in [6, 6.07) is 0. The zero-order valence-corrected chi connectivity index (χ0v) is 9.51. The van der Waals surface area contributed by atoms with Crippen LogP contribution < -0.4 is 16.1 Å². The lowest BCUT2D eigenvalue weighted by molar-refractivity contribution is 0.428. The van der Waals surface area contributed by atoms with Gasteiger partial charge in [0.05, 0.1) is 0 Å². The van der Waals surface area contributed by atoms with E-state index in [9.17, 15) is 9.59 Å². The average molecular weight is 224 g/mol. The van der Waals surface area contributed by atoms with E-state index < -0.39 is 11.2 Å². The molecule has 7 heteroatoms. The summed E-state index contributed by atoms with van der Waals surface area (Å²) >= 11 is 0. The Hall–Kier alpha value is -2.05. The van der Waals surface area contributed by atoms with Crippen molar-refractivity contribution in [3.63, 3.8) is 0 Å². The standard InChI is InChI=1S/C9H12N4O3/c1-11(2)8-5-6(10-16-8)12(3)9(15)13(4)7(5)14/h1-4H3. The number of aromatic nitrogens is 3. The second-order valence-electron chi connectivity index (χ2n) is 3.79. The number of fused-ring (bicyclic) bond motifs is 1. The summed E-state index contributed by atoms with van der Waals surface area (Å²) in [5.41, 5.74) is -0.559. The summed E-state index contributed by atoms with van der Waals surface area (Å²) in [4.78, 5) is 25.2. The molecule has 0 radical (unpaired) electrons. The second kappa shape index (κ2) is 3.22. The fraction of sp³-hybridized carbons (Fsp3) is 0.444. The molecule has 0 aromatic carbocycles. The second-order valence-corrected chi connectivity index (χ2v) is 3.79. The Bertz CT molecular complexity index is 662. The first-order valence-corrected chi connectivity index (χ1v) is 4.68. The average Bonchev–Trinajstić information content (AvgIpc) is 2.67. The van der Waals surface area contributed by atoms with Gasteiger partial charge in [-0.15, -0.1) is 0 Å². The van der Waals surface area contributed by atoms with Crippen molar-refractivity contribution in [2.24, 2.45) is 14.1 Å². The maximum Gasteiger partial charge on any atom is 0.332 e. The van der Waals surface area contributed by atoms with E-state index in [0.29, 0.717) is 11.3 Å². The summed E-state index contributed by atoms with van der Waals surface area (Å²) < 4.78 is 7.37. The topological polar surface area (TPSA) is 73.3 Å². The van der Waals surface area contributed by atoms with E-state index in [4.69, 9.17) is 4.52 Å². The van der Waals surface area contributed by atoms with Crippen molar-refractivity contribution in [1.29, 1.82) is 0 Å². The van der Waals surface area contributed by atoms with Crippen LogP contribution >= 0.6 is 0 Å². The van der Waals surface area contributed by atoms with Crippen LogP contribution in [-0.4, -0.2) is 28.4 Å². The fourth-order valence-corrected chi connectivity index (χ4v) is 1.56. The van der Waals surface area contributed by atoms with Crippen LogP contribution in [0.25, 0.3) is 11.0 Å². The van der Waals surface area contributed by atoms with Gasteiger partial charge in [0.2, 0.25) is 5.88 Å². The van der Waals surface area contributed by atoms with E-state index in [0.717, 1.165) is 4.57 Å². The first-order chi connectivity index (χ1) is 7.45. The summed E-state index contributed by atoms with van der Waals surface area (Å²) in [6.07, 6.45) is 0. The van der Waals surface area contributed by atoms with Gasteiger partial charge >= 0.3 is 5.69 Å². The van der Waals surface area contributed by atoms with Crippen LogP contribution in [0.4, 0.5) is 5.88 Å². The van der Waals surface area contributed by atoms with Crippen molar-refractivity contribution in [2.45, 2.75) is 0 Å². The lowest BCUT2D eigenvalue weighted by atomic mass is 10.4. The lowest BCUT2D eigenvalue weighted by Crippen LogP contribution is -2.37. The highest BCUT2D eigenvalue weighted by atomic mass is 16.5. The highest BCUT2D eigenvalue weighted by molar-refractivity contribution is 5.85. The molecule has 16 heavy (non-hydrogen) atoms. The molecule has 0 spiro atoms. The molecular weight excluding hydrogens is 212 g/mol. The van der Waals surface area contributed by atoms with Gasteiger partial charge in [-0.05, 0) is 0 Å². The van der Waals surface area contributed by atoms with E-state index in [2.05, 4.69) is 5.16 Å². The molecule has 0 aliphatic rings. The highest BCUT2D eigenvalue weighted by Crippen LogP contribution is 2.19. The van der Waals surface area contributed by atoms with Gasteiger partial charge < -0.3 is 9.42 Å². The van der Waals surface area contributed by atoms with E-state index in [1.165, 1.54) is 11.6 Å². The Balaban J connectivity index is 3.07. The Morgan fingerprint density at radius 2 is 1.81 bits per heavy atom. The largest absolute Gasteiger partial charge is 0.346 e. The van der Waals surface area contributed by atoms with E-state index >= 15 is 0 Å². The minimum atomic E-state index is -0.420. The van der Waals surface area contributed by atoms with E-state index in [1.54, 1.807) is 26.0 Å². The minimum Gasteiger partial charge on any atom is -0.346 e. The zero-order chi connectivity index (χ0) is 12.0. The molecular formula is C9H12N4O3. The maximum absolute atomic E-state index is 11.9. The normalized spacial score (nSPS) is 11.0. The van der Waals surface area contributed by atoms with Crippen molar-refractivity contribution in [1.82, 2.24) is 14.3 Å². The molecule has 7 nitrogen and oxygen atoms in total. The predicted octanol–water partition coefficient (Wildman–Crippen LogP) is -0.709. The fourth-order valence-electron chi connectivity index (χ4n) is 1.56. The van der Waals surface area contributed by atoms with E-state index in [-0.39, 0.29) is 5.65 Å². The number of aryl methyl sites for hydroxylation is 1. The molecule has 0 aliphatic heterocycles. The molecule has 2 aromatic heterocycles. The molecule has 2 aromatic rings.